The van der Waals surface area contributed by atoms with Crippen molar-refractivity contribution in [1.82, 2.24) is 9.80 Å². The standard InChI is InChI=1S/C18H18N2O5S/c21-15(19-8-6-13(7-9-19)17(23)24)11-20-16(22)14(26-18(20)25)10-12-4-2-1-3-5-12/h1-5,10,13H,6-9,11H2,(H,23,24)/b14-10-. The summed E-state index contributed by atoms with van der Waals surface area (Å²) in [6, 6.07) is 9.17. The monoisotopic (exact) mass is 374 g/mol. The third-order valence-electron chi connectivity index (χ3n) is 4.46. The fourth-order valence-corrected chi connectivity index (χ4v) is 3.79. The molecule has 2 fully saturated rings. The predicted molar refractivity (Wildman–Crippen MR) is 96.1 cm³/mol. The van der Waals surface area contributed by atoms with Gasteiger partial charge in [0.1, 0.15) is 6.54 Å². The molecule has 0 saturated carbocycles. The molecule has 0 spiro atoms. The van der Waals surface area contributed by atoms with Gasteiger partial charge in [-0.2, -0.15) is 0 Å². The van der Waals surface area contributed by atoms with Crippen LogP contribution in [0, 0.1) is 5.92 Å². The van der Waals surface area contributed by atoms with Crippen molar-refractivity contribution in [2.24, 2.45) is 5.92 Å². The van der Waals surface area contributed by atoms with E-state index >= 15 is 0 Å². The number of benzene rings is 1. The van der Waals surface area contributed by atoms with E-state index in [1.165, 1.54) is 4.90 Å². The second-order valence-corrected chi connectivity index (χ2v) is 7.17. The minimum Gasteiger partial charge on any atom is -0.481 e. The highest BCUT2D eigenvalue weighted by Crippen LogP contribution is 2.32. The van der Waals surface area contributed by atoms with Crippen LogP contribution in [0.4, 0.5) is 4.79 Å². The van der Waals surface area contributed by atoms with Gasteiger partial charge in [0.05, 0.1) is 10.8 Å². The van der Waals surface area contributed by atoms with Crippen LogP contribution in [0.15, 0.2) is 35.2 Å². The highest BCUT2D eigenvalue weighted by atomic mass is 32.2. The Balaban J connectivity index is 1.62. The minimum atomic E-state index is -0.853. The molecule has 1 aromatic rings. The van der Waals surface area contributed by atoms with Gasteiger partial charge in [0.2, 0.25) is 5.91 Å². The number of rotatable bonds is 4. The highest BCUT2D eigenvalue weighted by Gasteiger charge is 2.37. The smallest absolute Gasteiger partial charge is 0.306 e. The molecule has 3 amide bonds. The lowest BCUT2D eigenvalue weighted by molar-refractivity contribution is -0.146. The topological polar surface area (TPSA) is 95.0 Å². The summed E-state index contributed by atoms with van der Waals surface area (Å²) in [5.74, 6) is -2.10. The second kappa shape index (κ2) is 7.74. The number of carboxylic acid groups (broad SMARTS) is 1. The molecule has 1 aromatic carbocycles. The number of hydrogen-bond donors (Lipinski definition) is 1. The number of carbonyl (C=O) groups excluding carboxylic acids is 3. The number of nitrogens with zero attached hydrogens (tertiary/aromatic N) is 2. The Bertz CT molecular complexity index is 769. The van der Waals surface area contributed by atoms with Gasteiger partial charge in [0, 0.05) is 13.1 Å². The Morgan fingerprint density at radius 2 is 1.81 bits per heavy atom. The summed E-state index contributed by atoms with van der Waals surface area (Å²) in [5.41, 5.74) is 0.806. The van der Waals surface area contributed by atoms with E-state index in [4.69, 9.17) is 5.11 Å². The first-order valence-corrected chi connectivity index (χ1v) is 9.08. The predicted octanol–water partition coefficient (Wildman–Crippen LogP) is 2.05. The fraction of sp³-hybridized carbons (Fsp3) is 0.333. The molecule has 1 N–H and O–H groups in total. The minimum absolute atomic E-state index is 0.290. The number of hydrogen-bond acceptors (Lipinski definition) is 5. The van der Waals surface area contributed by atoms with Gasteiger partial charge in [-0.1, -0.05) is 30.3 Å². The lowest BCUT2D eigenvalue weighted by Gasteiger charge is -2.30. The van der Waals surface area contributed by atoms with E-state index in [9.17, 15) is 19.2 Å². The molecule has 0 bridgehead atoms. The molecule has 0 atom stereocenters. The lowest BCUT2D eigenvalue weighted by Crippen LogP contribution is -2.46. The van der Waals surface area contributed by atoms with Crippen LogP contribution in [0.2, 0.25) is 0 Å². The summed E-state index contributed by atoms with van der Waals surface area (Å²) in [6.45, 7) is 0.340. The first-order chi connectivity index (χ1) is 12.5. The molecule has 2 aliphatic rings. The quantitative estimate of drug-likeness (QED) is 0.811. The van der Waals surface area contributed by atoms with Crippen LogP contribution in [0.25, 0.3) is 6.08 Å². The average molecular weight is 374 g/mol. The Hall–Kier alpha value is -2.61. The number of carbonyl (C=O) groups is 4. The maximum absolute atomic E-state index is 12.4. The molecule has 2 heterocycles. The maximum Gasteiger partial charge on any atom is 0.306 e. The van der Waals surface area contributed by atoms with Crippen molar-refractivity contribution >= 4 is 40.9 Å². The van der Waals surface area contributed by atoms with E-state index in [0.717, 1.165) is 22.2 Å². The Labute approximate surface area is 154 Å². The van der Waals surface area contributed by atoms with E-state index in [-0.39, 0.29) is 12.5 Å². The Kier molecular flexibility index (Phi) is 5.41. The third kappa shape index (κ3) is 3.96. The van der Waals surface area contributed by atoms with Crippen molar-refractivity contribution in [2.45, 2.75) is 12.8 Å². The van der Waals surface area contributed by atoms with Crippen LogP contribution < -0.4 is 0 Å². The van der Waals surface area contributed by atoms with E-state index in [1.54, 1.807) is 6.08 Å². The van der Waals surface area contributed by atoms with Gasteiger partial charge in [0.25, 0.3) is 11.1 Å². The normalized spacial score (nSPS) is 20.1. The van der Waals surface area contributed by atoms with Crippen LogP contribution in [0.5, 0.6) is 0 Å². The molecule has 2 saturated heterocycles. The molecule has 26 heavy (non-hydrogen) atoms. The third-order valence-corrected chi connectivity index (χ3v) is 5.37. The zero-order valence-corrected chi connectivity index (χ0v) is 14.8. The second-order valence-electron chi connectivity index (χ2n) is 6.17. The van der Waals surface area contributed by atoms with Gasteiger partial charge >= 0.3 is 5.97 Å². The van der Waals surface area contributed by atoms with E-state index in [2.05, 4.69) is 0 Å². The first-order valence-electron chi connectivity index (χ1n) is 8.26. The number of aliphatic carboxylic acids is 1. The fourth-order valence-electron chi connectivity index (χ4n) is 2.95. The van der Waals surface area contributed by atoms with E-state index in [1.807, 2.05) is 30.3 Å². The molecular weight excluding hydrogens is 356 g/mol. The van der Waals surface area contributed by atoms with Crippen LogP contribution in [0.3, 0.4) is 0 Å². The summed E-state index contributed by atoms with van der Waals surface area (Å²) >= 11 is 0.820. The molecule has 8 heteroatoms. The SMILES string of the molecule is O=C(O)C1CCN(C(=O)CN2C(=O)S/C(=C\c3ccccc3)C2=O)CC1. The average Bonchev–Trinajstić information content (AvgIpc) is 2.90. The van der Waals surface area contributed by atoms with Gasteiger partial charge < -0.3 is 10.0 Å². The zero-order chi connectivity index (χ0) is 18.7. The molecule has 0 unspecified atom stereocenters. The number of imide groups is 1. The number of carboxylic acids is 1. The van der Waals surface area contributed by atoms with Crippen molar-refractivity contribution in [3.63, 3.8) is 0 Å². The number of amides is 3. The molecule has 2 aliphatic heterocycles. The summed E-state index contributed by atoms with van der Waals surface area (Å²) in [5, 5.41) is 8.54. The van der Waals surface area contributed by atoms with Crippen molar-refractivity contribution in [3.8, 4) is 0 Å². The lowest BCUT2D eigenvalue weighted by atomic mass is 9.97. The van der Waals surface area contributed by atoms with E-state index < -0.39 is 23.0 Å². The Morgan fingerprint density at radius 3 is 2.42 bits per heavy atom. The summed E-state index contributed by atoms with van der Waals surface area (Å²) in [4.78, 5) is 50.7. The van der Waals surface area contributed by atoms with Crippen LogP contribution in [-0.2, 0) is 14.4 Å². The van der Waals surface area contributed by atoms with Crippen molar-refractivity contribution < 1.29 is 24.3 Å². The van der Waals surface area contributed by atoms with Crippen LogP contribution in [-0.4, -0.2) is 57.6 Å². The van der Waals surface area contributed by atoms with Gasteiger partial charge in [-0.25, -0.2) is 0 Å². The van der Waals surface area contributed by atoms with E-state index in [0.29, 0.717) is 30.8 Å². The zero-order valence-electron chi connectivity index (χ0n) is 14.0. The largest absolute Gasteiger partial charge is 0.481 e. The molecule has 3 rings (SSSR count). The van der Waals surface area contributed by atoms with Crippen LogP contribution >= 0.6 is 11.8 Å². The van der Waals surface area contributed by atoms with Gasteiger partial charge in [-0.05, 0) is 36.2 Å². The summed E-state index contributed by atoms with van der Waals surface area (Å²) < 4.78 is 0. The molecule has 136 valence electrons. The molecule has 7 nitrogen and oxygen atoms in total. The van der Waals surface area contributed by atoms with Crippen molar-refractivity contribution in [3.05, 3.63) is 40.8 Å². The highest BCUT2D eigenvalue weighted by molar-refractivity contribution is 8.18. The molecule has 0 aliphatic carbocycles. The van der Waals surface area contributed by atoms with Crippen molar-refractivity contribution in [2.75, 3.05) is 19.6 Å². The number of likely N-dealkylation sites (tertiary alicyclic amines) is 1. The van der Waals surface area contributed by atoms with Gasteiger partial charge in [-0.3, -0.25) is 24.1 Å². The number of piperidine rings is 1. The molecule has 0 aromatic heterocycles. The summed E-state index contributed by atoms with van der Waals surface area (Å²) in [6.07, 6.45) is 2.40. The number of thioether (sulfide) groups is 1. The Morgan fingerprint density at radius 1 is 1.15 bits per heavy atom. The van der Waals surface area contributed by atoms with Gasteiger partial charge in [0.15, 0.2) is 0 Å². The summed E-state index contributed by atoms with van der Waals surface area (Å²) in [7, 11) is 0. The first kappa shape index (κ1) is 18.2. The maximum atomic E-state index is 12.4. The van der Waals surface area contributed by atoms with Crippen molar-refractivity contribution in [1.29, 1.82) is 0 Å². The van der Waals surface area contributed by atoms with Gasteiger partial charge in [-0.15, -0.1) is 0 Å². The molecular formula is C18H18N2O5S. The van der Waals surface area contributed by atoms with Crippen LogP contribution in [0.1, 0.15) is 18.4 Å². The molecule has 0 radical (unpaired) electrons.